The van der Waals surface area contributed by atoms with Crippen molar-refractivity contribution in [2.75, 3.05) is 19.6 Å². The second-order valence-electron chi connectivity index (χ2n) is 2.49. The highest BCUT2D eigenvalue weighted by molar-refractivity contribution is 5.57. The van der Waals surface area contributed by atoms with Crippen molar-refractivity contribution in [3.8, 4) is 0 Å². The number of nitrogens with two attached hydrogens (primary N) is 1. The van der Waals surface area contributed by atoms with Gasteiger partial charge in [0.15, 0.2) is 0 Å². The van der Waals surface area contributed by atoms with Crippen molar-refractivity contribution in [2.24, 2.45) is 10.7 Å². The number of aliphatic imine (C=N–C) groups is 1. The minimum absolute atomic E-state index is 0.259. The van der Waals surface area contributed by atoms with Gasteiger partial charge in [0, 0.05) is 19.1 Å². The van der Waals surface area contributed by atoms with Gasteiger partial charge in [0.1, 0.15) is 0 Å². The zero-order valence-corrected chi connectivity index (χ0v) is 5.75. The molecule has 1 rings (SSSR count). The molecule has 3 nitrogen and oxygen atoms in total. The standard InChI is InChI=1S/C6H13N3/c1-6(7)4-9-3-2-8-5-9/h5-6H,2-4,7H2,1H3. The average Bonchev–Trinajstić information content (AvgIpc) is 2.15. The Morgan fingerprint density at radius 2 is 2.67 bits per heavy atom. The van der Waals surface area contributed by atoms with Gasteiger partial charge in [0.05, 0.1) is 12.9 Å². The monoisotopic (exact) mass is 127 g/mol. The summed E-state index contributed by atoms with van der Waals surface area (Å²) < 4.78 is 0. The molecule has 0 aromatic heterocycles. The van der Waals surface area contributed by atoms with E-state index in [1.165, 1.54) is 0 Å². The van der Waals surface area contributed by atoms with E-state index in [1.54, 1.807) is 0 Å². The topological polar surface area (TPSA) is 41.6 Å². The lowest BCUT2D eigenvalue weighted by Gasteiger charge is -2.15. The maximum absolute atomic E-state index is 5.57. The number of rotatable bonds is 2. The SMILES string of the molecule is CC(N)CN1C=NCC1. The van der Waals surface area contributed by atoms with E-state index in [-0.39, 0.29) is 6.04 Å². The fourth-order valence-corrected chi connectivity index (χ4v) is 0.925. The van der Waals surface area contributed by atoms with Crippen LogP contribution in [0.25, 0.3) is 0 Å². The number of nitrogens with zero attached hydrogens (tertiary/aromatic N) is 2. The maximum atomic E-state index is 5.57. The van der Waals surface area contributed by atoms with Gasteiger partial charge in [-0.25, -0.2) is 0 Å². The molecular weight excluding hydrogens is 114 g/mol. The third kappa shape index (κ3) is 2.01. The summed E-state index contributed by atoms with van der Waals surface area (Å²) in [4.78, 5) is 6.21. The molecule has 1 aliphatic heterocycles. The van der Waals surface area contributed by atoms with Crippen LogP contribution >= 0.6 is 0 Å². The summed E-state index contributed by atoms with van der Waals surface area (Å²) in [5, 5.41) is 0. The fraction of sp³-hybridized carbons (Fsp3) is 0.833. The van der Waals surface area contributed by atoms with Crippen LogP contribution in [0.2, 0.25) is 0 Å². The van der Waals surface area contributed by atoms with Crippen molar-refractivity contribution in [1.82, 2.24) is 4.90 Å². The summed E-state index contributed by atoms with van der Waals surface area (Å²) in [6, 6.07) is 0.259. The Labute approximate surface area is 55.6 Å². The first-order valence-electron chi connectivity index (χ1n) is 3.28. The maximum Gasteiger partial charge on any atom is 0.0851 e. The molecule has 52 valence electrons. The molecule has 1 unspecified atom stereocenters. The van der Waals surface area contributed by atoms with Gasteiger partial charge in [-0.05, 0) is 6.92 Å². The van der Waals surface area contributed by atoms with E-state index in [0.29, 0.717) is 0 Å². The van der Waals surface area contributed by atoms with E-state index in [2.05, 4.69) is 9.89 Å². The molecule has 0 aromatic rings. The lowest BCUT2D eigenvalue weighted by molar-refractivity contribution is 0.434. The first-order valence-corrected chi connectivity index (χ1v) is 3.28. The molecule has 0 aliphatic carbocycles. The van der Waals surface area contributed by atoms with Crippen molar-refractivity contribution in [2.45, 2.75) is 13.0 Å². The van der Waals surface area contributed by atoms with Gasteiger partial charge in [-0.1, -0.05) is 0 Å². The highest BCUT2D eigenvalue weighted by Gasteiger charge is 2.05. The summed E-state index contributed by atoms with van der Waals surface area (Å²) in [6.07, 6.45) is 1.88. The zero-order chi connectivity index (χ0) is 6.69. The van der Waals surface area contributed by atoms with E-state index in [9.17, 15) is 0 Å². The van der Waals surface area contributed by atoms with Crippen molar-refractivity contribution >= 4 is 6.34 Å². The van der Waals surface area contributed by atoms with E-state index in [1.807, 2.05) is 13.3 Å². The molecule has 0 amide bonds. The van der Waals surface area contributed by atoms with E-state index in [4.69, 9.17) is 5.73 Å². The third-order valence-corrected chi connectivity index (χ3v) is 1.28. The van der Waals surface area contributed by atoms with E-state index in [0.717, 1.165) is 19.6 Å². The van der Waals surface area contributed by atoms with E-state index >= 15 is 0 Å². The zero-order valence-electron chi connectivity index (χ0n) is 5.75. The lowest BCUT2D eigenvalue weighted by Crippen LogP contribution is -2.33. The number of hydrogen-bond donors (Lipinski definition) is 1. The Hall–Kier alpha value is -0.570. The Bertz CT molecular complexity index is 109. The summed E-state index contributed by atoms with van der Waals surface area (Å²) in [5.74, 6) is 0. The van der Waals surface area contributed by atoms with Crippen molar-refractivity contribution in [1.29, 1.82) is 0 Å². The predicted molar refractivity (Wildman–Crippen MR) is 38.6 cm³/mol. The summed E-state index contributed by atoms with van der Waals surface area (Å²) in [6.45, 7) is 4.92. The predicted octanol–water partition coefficient (Wildman–Crippen LogP) is -0.323. The van der Waals surface area contributed by atoms with Crippen LogP contribution in [-0.4, -0.2) is 36.9 Å². The summed E-state index contributed by atoms with van der Waals surface area (Å²) >= 11 is 0. The minimum Gasteiger partial charge on any atom is -0.360 e. The molecule has 0 saturated carbocycles. The molecule has 0 radical (unpaired) electrons. The Morgan fingerprint density at radius 3 is 3.11 bits per heavy atom. The highest BCUT2D eigenvalue weighted by atomic mass is 15.2. The van der Waals surface area contributed by atoms with Crippen molar-refractivity contribution < 1.29 is 0 Å². The van der Waals surface area contributed by atoms with Crippen LogP contribution < -0.4 is 5.73 Å². The second kappa shape index (κ2) is 2.82. The first-order chi connectivity index (χ1) is 4.29. The first kappa shape index (κ1) is 6.55. The van der Waals surface area contributed by atoms with E-state index < -0.39 is 0 Å². The molecule has 0 bridgehead atoms. The Kier molecular flexibility index (Phi) is 2.05. The van der Waals surface area contributed by atoms with Gasteiger partial charge in [0.25, 0.3) is 0 Å². The second-order valence-corrected chi connectivity index (χ2v) is 2.49. The van der Waals surface area contributed by atoms with Gasteiger partial charge in [-0.3, -0.25) is 4.99 Å². The van der Waals surface area contributed by atoms with Gasteiger partial charge < -0.3 is 10.6 Å². The van der Waals surface area contributed by atoms with Crippen LogP contribution in [0.15, 0.2) is 4.99 Å². The molecule has 0 saturated heterocycles. The van der Waals surface area contributed by atoms with Crippen LogP contribution in [0.3, 0.4) is 0 Å². The molecule has 1 atom stereocenters. The van der Waals surface area contributed by atoms with Crippen LogP contribution in [-0.2, 0) is 0 Å². The highest BCUT2D eigenvalue weighted by Crippen LogP contribution is 1.92. The molecule has 3 heteroatoms. The summed E-state index contributed by atoms with van der Waals surface area (Å²) in [7, 11) is 0. The largest absolute Gasteiger partial charge is 0.360 e. The molecule has 1 heterocycles. The molecule has 0 aromatic carbocycles. The van der Waals surface area contributed by atoms with Gasteiger partial charge in [-0.2, -0.15) is 0 Å². The fourth-order valence-electron chi connectivity index (χ4n) is 0.925. The quantitative estimate of drug-likeness (QED) is 0.552. The molecule has 0 spiro atoms. The summed E-state index contributed by atoms with van der Waals surface area (Å²) in [5.41, 5.74) is 5.57. The van der Waals surface area contributed by atoms with Crippen LogP contribution in [0.5, 0.6) is 0 Å². The molecule has 1 aliphatic rings. The third-order valence-electron chi connectivity index (χ3n) is 1.28. The van der Waals surface area contributed by atoms with Crippen LogP contribution in [0.1, 0.15) is 6.92 Å². The van der Waals surface area contributed by atoms with Crippen LogP contribution in [0.4, 0.5) is 0 Å². The number of hydrogen-bond acceptors (Lipinski definition) is 3. The molecule has 9 heavy (non-hydrogen) atoms. The minimum atomic E-state index is 0.259. The van der Waals surface area contributed by atoms with Crippen molar-refractivity contribution in [3.05, 3.63) is 0 Å². The van der Waals surface area contributed by atoms with Gasteiger partial charge in [0.2, 0.25) is 0 Å². The normalized spacial score (nSPS) is 20.9. The lowest BCUT2D eigenvalue weighted by atomic mass is 10.3. The van der Waals surface area contributed by atoms with Gasteiger partial charge >= 0.3 is 0 Å². The Balaban J connectivity index is 2.20. The smallest absolute Gasteiger partial charge is 0.0851 e. The average molecular weight is 127 g/mol. The van der Waals surface area contributed by atoms with Crippen molar-refractivity contribution in [3.63, 3.8) is 0 Å². The Morgan fingerprint density at radius 1 is 1.89 bits per heavy atom. The molecule has 0 fully saturated rings. The van der Waals surface area contributed by atoms with Crippen LogP contribution in [0, 0.1) is 0 Å². The molecule has 2 N–H and O–H groups in total. The molecular formula is C6H13N3. The van der Waals surface area contributed by atoms with Gasteiger partial charge in [-0.15, -0.1) is 0 Å².